The van der Waals surface area contributed by atoms with E-state index >= 15 is 0 Å². The van der Waals surface area contributed by atoms with E-state index in [2.05, 4.69) is 10.6 Å². The zero-order valence-corrected chi connectivity index (χ0v) is 11.8. The lowest BCUT2D eigenvalue weighted by Gasteiger charge is -2.22. The van der Waals surface area contributed by atoms with E-state index in [0.29, 0.717) is 6.54 Å². The van der Waals surface area contributed by atoms with Crippen LogP contribution in [0, 0.1) is 0 Å². The Labute approximate surface area is 116 Å². The lowest BCUT2D eigenvalue weighted by molar-refractivity contribution is -0.123. The maximum atomic E-state index is 11.8. The van der Waals surface area contributed by atoms with Gasteiger partial charge in [-0.15, -0.1) is 23.7 Å². The molecule has 0 saturated carbocycles. The van der Waals surface area contributed by atoms with E-state index in [0.717, 1.165) is 28.6 Å². The van der Waals surface area contributed by atoms with Gasteiger partial charge in [-0.1, -0.05) is 18.0 Å². The molecule has 1 aliphatic heterocycles. The van der Waals surface area contributed by atoms with Crippen molar-refractivity contribution in [1.29, 1.82) is 0 Å². The van der Waals surface area contributed by atoms with Crippen molar-refractivity contribution in [2.24, 2.45) is 0 Å². The van der Waals surface area contributed by atoms with Gasteiger partial charge in [0.05, 0.1) is 16.9 Å². The fraction of sp³-hybridized carbons (Fsp3) is 0.545. The van der Waals surface area contributed by atoms with Crippen molar-refractivity contribution in [2.45, 2.75) is 31.8 Å². The Morgan fingerprint density at radius 2 is 2.35 bits per heavy atom. The summed E-state index contributed by atoms with van der Waals surface area (Å²) in [6.07, 6.45) is 3.25. The van der Waals surface area contributed by atoms with E-state index in [9.17, 15) is 4.79 Å². The van der Waals surface area contributed by atoms with Crippen molar-refractivity contribution in [1.82, 2.24) is 10.6 Å². The van der Waals surface area contributed by atoms with E-state index in [-0.39, 0.29) is 24.4 Å². The molecule has 0 radical (unpaired) electrons. The highest BCUT2D eigenvalue weighted by molar-refractivity contribution is 7.16. The summed E-state index contributed by atoms with van der Waals surface area (Å²) in [6.45, 7) is 1.53. The molecule has 1 atom stereocenters. The molecule has 1 saturated heterocycles. The monoisotopic (exact) mass is 294 g/mol. The van der Waals surface area contributed by atoms with Crippen molar-refractivity contribution in [3.05, 3.63) is 21.3 Å². The minimum Gasteiger partial charge on any atom is -0.350 e. The van der Waals surface area contributed by atoms with Gasteiger partial charge in [0.25, 0.3) is 0 Å². The summed E-state index contributed by atoms with van der Waals surface area (Å²) < 4.78 is 0.764. The molecule has 1 amide bonds. The molecule has 1 unspecified atom stereocenters. The van der Waals surface area contributed by atoms with Gasteiger partial charge in [-0.2, -0.15) is 0 Å². The lowest BCUT2D eigenvalue weighted by atomic mass is 10.0. The van der Waals surface area contributed by atoms with E-state index in [1.54, 1.807) is 0 Å². The van der Waals surface area contributed by atoms with Crippen molar-refractivity contribution in [2.75, 3.05) is 6.54 Å². The molecule has 0 bridgehead atoms. The van der Waals surface area contributed by atoms with Gasteiger partial charge in [0, 0.05) is 4.88 Å². The smallest absolute Gasteiger partial charge is 0.237 e. The zero-order valence-electron chi connectivity index (χ0n) is 9.37. The van der Waals surface area contributed by atoms with Gasteiger partial charge < -0.3 is 10.6 Å². The van der Waals surface area contributed by atoms with Crippen LogP contribution in [0.15, 0.2) is 12.1 Å². The van der Waals surface area contributed by atoms with Gasteiger partial charge in [-0.25, -0.2) is 0 Å². The van der Waals surface area contributed by atoms with Crippen LogP contribution in [0.1, 0.15) is 24.1 Å². The number of hydrogen-bond donors (Lipinski definition) is 2. The second-order valence-corrected chi connectivity index (χ2v) is 5.73. The van der Waals surface area contributed by atoms with Gasteiger partial charge in [0.2, 0.25) is 5.91 Å². The van der Waals surface area contributed by atoms with Gasteiger partial charge in [0.1, 0.15) is 0 Å². The van der Waals surface area contributed by atoms with Crippen molar-refractivity contribution in [3.8, 4) is 0 Å². The minimum absolute atomic E-state index is 0. The maximum absolute atomic E-state index is 11.8. The Morgan fingerprint density at radius 1 is 1.53 bits per heavy atom. The Morgan fingerprint density at radius 3 is 2.94 bits per heavy atom. The molecule has 1 aromatic heterocycles. The molecular formula is C11H16Cl2N2OS. The summed E-state index contributed by atoms with van der Waals surface area (Å²) in [7, 11) is 0. The van der Waals surface area contributed by atoms with E-state index in [4.69, 9.17) is 11.6 Å². The van der Waals surface area contributed by atoms with Crippen LogP contribution in [-0.2, 0) is 11.3 Å². The van der Waals surface area contributed by atoms with Crippen molar-refractivity contribution >= 4 is 41.3 Å². The van der Waals surface area contributed by atoms with Gasteiger partial charge in [-0.3, -0.25) is 4.79 Å². The van der Waals surface area contributed by atoms with Crippen LogP contribution >= 0.6 is 35.3 Å². The Kier molecular flexibility index (Phi) is 6.27. The largest absolute Gasteiger partial charge is 0.350 e. The Hall–Kier alpha value is -0.290. The highest BCUT2D eigenvalue weighted by Crippen LogP contribution is 2.21. The van der Waals surface area contributed by atoms with Crippen LogP contribution in [0.4, 0.5) is 0 Å². The fourth-order valence-corrected chi connectivity index (χ4v) is 2.85. The Bertz CT molecular complexity index is 364. The van der Waals surface area contributed by atoms with Crippen LogP contribution in [0.25, 0.3) is 0 Å². The standard InChI is InChI=1S/C11H15ClN2OS.ClH/c12-10-5-4-8(16-10)7-14-11(15)9-3-1-2-6-13-9;/h4-5,9,13H,1-3,6-7H2,(H,14,15);1H. The molecule has 17 heavy (non-hydrogen) atoms. The van der Waals surface area contributed by atoms with Crippen LogP contribution in [0.2, 0.25) is 4.34 Å². The number of piperidine rings is 1. The predicted octanol–water partition coefficient (Wildman–Crippen LogP) is 2.58. The van der Waals surface area contributed by atoms with Crippen molar-refractivity contribution in [3.63, 3.8) is 0 Å². The number of hydrogen-bond acceptors (Lipinski definition) is 3. The quantitative estimate of drug-likeness (QED) is 0.900. The molecule has 6 heteroatoms. The molecule has 96 valence electrons. The first-order valence-corrected chi connectivity index (χ1v) is 6.70. The number of thiophene rings is 1. The van der Waals surface area contributed by atoms with Gasteiger partial charge in [0.15, 0.2) is 0 Å². The number of carbonyl (C=O) groups excluding carboxylic acids is 1. The molecule has 2 heterocycles. The topological polar surface area (TPSA) is 41.1 Å². The summed E-state index contributed by atoms with van der Waals surface area (Å²) in [6, 6.07) is 3.79. The Balaban J connectivity index is 0.00000144. The molecule has 1 fully saturated rings. The van der Waals surface area contributed by atoms with Gasteiger partial charge in [-0.05, 0) is 31.5 Å². The molecule has 1 aromatic rings. The second-order valence-electron chi connectivity index (χ2n) is 3.93. The van der Waals surface area contributed by atoms with Crippen LogP contribution in [0.3, 0.4) is 0 Å². The third-order valence-electron chi connectivity index (χ3n) is 2.69. The molecule has 1 aliphatic rings. The molecule has 2 rings (SSSR count). The molecular weight excluding hydrogens is 279 g/mol. The summed E-state index contributed by atoms with van der Waals surface area (Å²) in [5.41, 5.74) is 0. The lowest BCUT2D eigenvalue weighted by Crippen LogP contribution is -2.46. The normalized spacial score (nSPS) is 19.5. The SMILES string of the molecule is Cl.O=C(NCc1ccc(Cl)s1)C1CCCCN1. The molecule has 0 spiro atoms. The van der Waals surface area contributed by atoms with E-state index in [1.807, 2.05) is 12.1 Å². The van der Waals surface area contributed by atoms with Gasteiger partial charge >= 0.3 is 0 Å². The number of nitrogens with one attached hydrogen (secondary N) is 2. The highest BCUT2D eigenvalue weighted by atomic mass is 35.5. The third kappa shape index (κ3) is 4.47. The summed E-state index contributed by atoms with van der Waals surface area (Å²) in [5.74, 6) is 0.101. The third-order valence-corrected chi connectivity index (χ3v) is 3.92. The predicted molar refractivity (Wildman–Crippen MR) is 74.1 cm³/mol. The zero-order chi connectivity index (χ0) is 11.4. The number of rotatable bonds is 3. The first-order chi connectivity index (χ1) is 7.75. The highest BCUT2D eigenvalue weighted by Gasteiger charge is 2.19. The average Bonchev–Trinajstić information content (AvgIpc) is 2.73. The summed E-state index contributed by atoms with van der Waals surface area (Å²) >= 11 is 7.32. The molecule has 3 nitrogen and oxygen atoms in total. The van der Waals surface area contributed by atoms with Crippen molar-refractivity contribution < 1.29 is 4.79 Å². The minimum atomic E-state index is -0.0100. The van der Waals surface area contributed by atoms with Crippen LogP contribution < -0.4 is 10.6 Å². The first kappa shape index (κ1) is 14.8. The van der Waals surface area contributed by atoms with Crippen LogP contribution in [-0.4, -0.2) is 18.5 Å². The molecule has 0 aromatic carbocycles. The molecule has 2 N–H and O–H groups in total. The number of carbonyl (C=O) groups is 1. The number of amides is 1. The second kappa shape index (κ2) is 7.21. The van der Waals surface area contributed by atoms with E-state index < -0.39 is 0 Å². The fourth-order valence-electron chi connectivity index (χ4n) is 1.82. The summed E-state index contributed by atoms with van der Waals surface area (Å²) in [5, 5.41) is 6.16. The maximum Gasteiger partial charge on any atom is 0.237 e. The van der Waals surface area contributed by atoms with Crippen LogP contribution in [0.5, 0.6) is 0 Å². The molecule has 0 aliphatic carbocycles. The first-order valence-electron chi connectivity index (χ1n) is 5.51. The average molecular weight is 295 g/mol. The summed E-state index contributed by atoms with van der Waals surface area (Å²) in [4.78, 5) is 12.9. The van der Waals surface area contributed by atoms with E-state index in [1.165, 1.54) is 17.8 Å². The number of halogens is 2.